The zero-order chi connectivity index (χ0) is 13.1. The molecule has 0 bridgehead atoms. The Kier molecular flexibility index (Phi) is 10.5. The molecule has 4 heteroatoms. The Morgan fingerprint density at radius 3 is 2.19 bits per heavy atom. The molecule has 1 atom stereocenters. The van der Waals surface area contributed by atoms with Crippen molar-refractivity contribution in [3.05, 3.63) is 36.1 Å². The molecule has 1 aliphatic rings. The van der Waals surface area contributed by atoms with Gasteiger partial charge in [-0.05, 0) is 13.3 Å². The maximum atomic E-state index is 10.3. The van der Waals surface area contributed by atoms with Gasteiger partial charge in [-0.15, -0.1) is 0 Å². The van der Waals surface area contributed by atoms with Crippen molar-refractivity contribution >= 4 is 5.97 Å². The molecular weight excluding hydrogens is 206 g/mol. The van der Waals surface area contributed by atoms with E-state index in [9.17, 15) is 4.79 Å². The molecule has 1 unspecified atom stereocenters. The topological polar surface area (TPSA) is 83.5 Å². The van der Waals surface area contributed by atoms with Crippen molar-refractivity contribution in [3.8, 4) is 0 Å². The molecule has 0 fully saturated rings. The highest BCUT2D eigenvalue weighted by Gasteiger charge is 2.08. The summed E-state index contributed by atoms with van der Waals surface area (Å²) in [6.07, 6.45) is 5.49. The number of nitrogens with two attached hydrogens (primary N) is 1. The minimum absolute atomic E-state index is 0.0110. The summed E-state index contributed by atoms with van der Waals surface area (Å²) in [6, 6.07) is -0.0110. The van der Waals surface area contributed by atoms with Crippen LogP contribution in [0.4, 0.5) is 0 Å². The number of carboxylic acids is 1. The minimum Gasteiger partial charge on any atom is -0.513 e. The first-order valence-corrected chi connectivity index (χ1v) is 5.15. The van der Waals surface area contributed by atoms with Gasteiger partial charge < -0.3 is 15.9 Å². The summed E-state index contributed by atoms with van der Waals surface area (Å²) < 4.78 is 0. The van der Waals surface area contributed by atoms with Crippen molar-refractivity contribution in [1.82, 2.24) is 0 Å². The maximum Gasteiger partial charge on any atom is 0.335 e. The van der Waals surface area contributed by atoms with Crippen LogP contribution in [-0.4, -0.2) is 22.2 Å². The van der Waals surface area contributed by atoms with Gasteiger partial charge in [0.1, 0.15) is 0 Å². The molecule has 0 radical (unpaired) electrons. The lowest BCUT2D eigenvalue weighted by Gasteiger charge is -2.07. The third kappa shape index (κ3) is 10.5. The largest absolute Gasteiger partial charge is 0.513 e. The highest BCUT2D eigenvalue weighted by molar-refractivity contribution is 5.90. The van der Waals surface area contributed by atoms with Gasteiger partial charge in [0.25, 0.3) is 0 Å². The normalized spacial score (nSPS) is 17.0. The zero-order valence-electron chi connectivity index (χ0n) is 10.1. The fourth-order valence-electron chi connectivity index (χ4n) is 0.796. The lowest BCUT2D eigenvalue weighted by atomic mass is 10.0. The van der Waals surface area contributed by atoms with E-state index in [1.54, 1.807) is 12.2 Å². The van der Waals surface area contributed by atoms with Gasteiger partial charge in [-0.3, -0.25) is 0 Å². The molecule has 0 aromatic rings. The van der Waals surface area contributed by atoms with Gasteiger partial charge in [0.15, 0.2) is 0 Å². The third-order valence-corrected chi connectivity index (χ3v) is 1.38. The monoisotopic (exact) mass is 227 g/mol. The van der Waals surface area contributed by atoms with Gasteiger partial charge in [-0.1, -0.05) is 38.7 Å². The molecule has 0 heterocycles. The summed E-state index contributed by atoms with van der Waals surface area (Å²) in [5.74, 6) is -0.719. The molecule has 0 aromatic heterocycles. The van der Waals surface area contributed by atoms with Crippen molar-refractivity contribution in [1.29, 1.82) is 0 Å². The lowest BCUT2D eigenvalue weighted by molar-refractivity contribution is -0.132. The van der Waals surface area contributed by atoms with E-state index in [0.29, 0.717) is 12.0 Å². The number of allylic oxidation sites excluding steroid dienone is 1. The van der Waals surface area contributed by atoms with Crippen LogP contribution >= 0.6 is 0 Å². The predicted octanol–water partition coefficient (Wildman–Crippen LogP) is 2.39. The van der Waals surface area contributed by atoms with Crippen molar-refractivity contribution in [2.75, 3.05) is 0 Å². The van der Waals surface area contributed by atoms with Gasteiger partial charge in [0.2, 0.25) is 0 Å². The number of hydrogen-bond acceptors (Lipinski definition) is 3. The Bertz CT molecular complexity index is 276. The Morgan fingerprint density at radius 2 is 1.94 bits per heavy atom. The number of hydrogen-bond donors (Lipinski definition) is 3. The summed E-state index contributed by atoms with van der Waals surface area (Å²) in [6.45, 7) is 8.64. The van der Waals surface area contributed by atoms with Crippen LogP contribution in [-0.2, 0) is 4.79 Å². The summed E-state index contributed by atoms with van der Waals surface area (Å²) in [5, 5.41) is 16.3. The average Bonchev–Trinajstić information content (AvgIpc) is 2.20. The summed E-state index contributed by atoms with van der Waals surface area (Å²) in [4.78, 5) is 10.3. The molecule has 0 aliphatic heterocycles. The molecule has 92 valence electrons. The molecule has 0 spiro atoms. The van der Waals surface area contributed by atoms with Crippen LogP contribution in [0.2, 0.25) is 0 Å². The fraction of sp³-hybridized carbons (Fsp3) is 0.417. The van der Waals surface area contributed by atoms with Crippen LogP contribution < -0.4 is 5.73 Å². The molecule has 1 rings (SSSR count). The van der Waals surface area contributed by atoms with Crippen molar-refractivity contribution < 1.29 is 15.0 Å². The van der Waals surface area contributed by atoms with E-state index < -0.39 is 5.97 Å². The van der Waals surface area contributed by atoms with Gasteiger partial charge in [-0.2, -0.15) is 0 Å². The van der Waals surface area contributed by atoms with E-state index in [1.165, 1.54) is 13.0 Å². The Labute approximate surface area is 96.8 Å². The van der Waals surface area contributed by atoms with E-state index in [2.05, 4.69) is 6.58 Å². The van der Waals surface area contributed by atoms with E-state index in [4.69, 9.17) is 15.9 Å². The fourth-order valence-corrected chi connectivity index (χ4v) is 0.796. The summed E-state index contributed by atoms with van der Waals surface area (Å²) in [7, 11) is 0. The van der Waals surface area contributed by atoms with Crippen LogP contribution in [0.3, 0.4) is 0 Å². The van der Waals surface area contributed by atoms with Gasteiger partial charge in [0, 0.05) is 6.04 Å². The number of carboxylic acid groups (broad SMARTS) is 1. The second-order valence-corrected chi connectivity index (χ2v) is 2.96. The maximum absolute atomic E-state index is 10.3. The molecule has 0 aromatic carbocycles. The number of aliphatic hydroxyl groups is 1. The first-order chi connectivity index (χ1) is 7.43. The summed E-state index contributed by atoms with van der Waals surface area (Å²) in [5.41, 5.74) is 5.81. The van der Waals surface area contributed by atoms with Gasteiger partial charge in [-0.25, -0.2) is 4.79 Å². The quantitative estimate of drug-likeness (QED) is 0.600. The van der Waals surface area contributed by atoms with E-state index >= 15 is 0 Å². The lowest BCUT2D eigenvalue weighted by Crippen LogP contribution is -2.18. The standard InChI is InChI=1S/C7H9NO2.C3H6O.C2H6/c8-6-3-1-5(2-4-6)7(9)10;1-3(2)4;1-2/h1-3,6H,4,8H2,(H,9,10);4H,1H2,2H3;1-2H3. The zero-order valence-corrected chi connectivity index (χ0v) is 10.1. The van der Waals surface area contributed by atoms with Crippen LogP contribution in [0.1, 0.15) is 27.2 Å². The summed E-state index contributed by atoms with van der Waals surface area (Å²) >= 11 is 0. The van der Waals surface area contributed by atoms with Gasteiger partial charge >= 0.3 is 5.97 Å². The second kappa shape index (κ2) is 9.98. The van der Waals surface area contributed by atoms with Gasteiger partial charge in [0.05, 0.1) is 11.3 Å². The predicted molar refractivity (Wildman–Crippen MR) is 66.2 cm³/mol. The second-order valence-electron chi connectivity index (χ2n) is 2.96. The number of rotatable bonds is 1. The molecular formula is C12H21NO3. The van der Waals surface area contributed by atoms with E-state index in [0.717, 1.165) is 0 Å². The van der Waals surface area contributed by atoms with Crippen molar-refractivity contribution in [2.24, 2.45) is 5.73 Å². The molecule has 0 amide bonds. The smallest absolute Gasteiger partial charge is 0.335 e. The van der Waals surface area contributed by atoms with Crippen LogP contribution in [0.5, 0.6) is 0 Å². The Hall–Kier alpha value is -1.55. The first kappa shape index (κ1) is 16.9. The number of aliphatic carboxylic acids is 1. The number of carbonyl (C=O) groups is 1. The molecule has 16 heavy (non-hydrogen) atoms. The van der Waals surface area contributed by atoms with Crippen molar-refractivity contribution in [3.63, 3.8) is 0 Å². The number of aliphatic hydroxyl groups excluding tert-OH is 1. The molecule has 4 nitrogen and oxygen atoms in total. The average molecular weight is 227 g/mol. The van der Waals surface area contributed by atoms with E-state index in [1.807, 2.05) is 13.8 Å². The highest BCUT2D eigenvalue weighted by Crippen LogP contribution is 2.08. The van der Waals surface area contributed by atoms with Crippen LogP contribution in [0.15, 0.2) is 36.1 Å². The molecule has 0 saturated carbocycles. The minimum atomic E-state index is -0.886. The van der Waals surface area contributed by atoms with Crippen LogP contribution in [0, 0.1) is 0 Å². The Morgan fingerprint density at radius 1 is 1.50 bits per heavy atom. The third-order valence-electron chi connectivity index (χ3n) is 1.38. The first-order valence-electron chi connectivity index (χ1n) is 5.15. The molecule has 4 N–H and O–H groups in total. The molecule has 0 saturated heterocycles. The SMILES string of the molecule is C=C(C)O.CC.NC1C=CC(C(=O)O)=CC1. The Balaban J connectivity index is 0. The van der Waals surface area contributed by atoms with Crippen molar-refractivity contribution in [2.45, 2.75) is 33.2 Å². The highest BCUT2D eigenvalue weighted by atomic mass is 16.4. The van der Waals surface area contributed by atoms with E-state index in [-0.39, 0.29) is 11.8 Å². The molecule has 1 aliphatic carbocycles. The van der Waals surface area contributed by atoms with Crippen LogP contribution in [0.25, 0.3) is 0 Å².